The molecule has 0 spiro atoms. The molecule has 2 rings (SSSR count). The Kier molecular flexibility index (Phi) is 15.3. The van der Waals surface area contributed by atoms with Crippen molar-refractivity contribution in [2.75, 3.05) is 44.2 Å². The van der Waals surface area contributed by atoms with E-state index >= 15 is 0 Å². The van der Waals surface area contributed by atoms with Gasteiger partial charge < -0.3 is 40.0 Å². The number of rotatable bonds is 17. The standard InChI is InChI=1S/C28H50N7O9PS/c1-10-42-25(37)19(15(3)4)34-45(40,35-20(16(5)6)26(38)43-11-2)44-14-18(41-8)22(36)28(39)12-13-30-21-23(31-17(28)7)32-27(29)33-24(21)46-9/h13,15-20,22,36,39H,10-12,14H2,1-9H3,(H2,34,35,40)(H3,29,31,32,33)/b30-13-/t17?,18?,19-,20?,22?,28?,45?/m0/s1. The largest absolute Gasteiger partial charge is 0.465 e. The van der Waals surface area contributed by atoms with E-state index in [0.717, 1.165) is 0 Å². The third-order valence-electron chi connectivity index (χ3n) is 7.42. The average molecular weight is 692 g/mol. The van der Waals surface area contributed by atoms with Gasteiger partial charge in [-0.25, -0.2) is 15.2 Å². The van der Waals surface area contributed by atoms with Crippen LogP contribution in [0.25, 0.3) is 0 Å². The van der Waals surface area contributed by atoms with Crippen LogP contribution in [0.4, 0.5) is 17.5 Å². The van der Waals surface area contributed by atoms with Crippen molar-refractivity contribution >= 4 is 55.0 Å². The SMILES string of the molecule is CCOC(=O)C(NP(=O)(N[C@H](C(=O)OCC)C(C)C)OCC(OC)C(O)C1(O)C/C=N\c2c(nc(N)nc2SC)NC1C)C(C)C. The summed E-state index contributed by atoms with van der Waals surface area (Å²) in [6.45, 7) is 11.5. The van der Waals surface area contributed by atoms with Gasteiger partial charge in [-0.3, -0.25) is 19.1 Å². The van der Waals surface area contributed by atoms with Crippen molar-refractivity contribution in [2.24, 2.45) is 16.8 Å². The maximum atomic E-state index is 14.4. The maximum Gasteiger partial charge on any atom is 0.342 e. The van der Waals surface area contributed by atoms with E-state index in [0.29, 0.717) is 10.7 Å². The van der Waals surface area contributed by atoms with Crippen LogP contribution in [0.5, 0.6) is 0 Å². The summed E-state index contributed by atoms with van der Waals surface area (Å²) >= 11 is 1.33. The van der Waals surface area contributed by atoms with E-state index in [4.69, 9.17) is 24.5 Å². The van der Waals surface area contributed by atoms with Gasteiger partial charge in [0.1, 0.15) is 40.6 Å². The normalized spacial score (nSPS) is 22.8. The molecule has 7 atom stereocenters. The Labute approximate surface area is 274 Å². The highest BCUT2D eigenvalue weighted by atomic mass is 32.2. The van der Waals surface area contributed by atoms with Crippen LogP contribution < -0.4 is 21.2 Å². The van der Waals surface area contributed by atoms with Crippen LogP contribution in [-0.4, -0.2) is 107 Å². The van der Waals surface area contributed by atoms with E-state index in [1.54, 1.807) is 48.5 Å². The summed E-state index contributed by atoms with van der Waals surface area (Å²) in [4.78, 5) is 38.4. The summed E-state index contributed by atoms with van der Waals surface area (Å²) in [5.74, 6) is -1.84. The molecule has 0 fully saturated rings. The van der Waals surface area contributed by atoms with Gasteiger partial charge in [0.2, 0.25) is 5.95 Å². The Bertz CT molecular complexity index is 1220. The number of hydrogen-bond acceptors (Lipinski definition) is 15. The number of hydrogen-bond donors (Lipinski definition) is 6. The van der Waals surface area contributed by atoms with E-state index in [1.165, 1.54) is 25.1 Å². The molecule has 0 bridgehead atoms. The van der Waals surface area contributed by atoms with E-state index in [9.17, 15) is 24.4 Å². The van der Waals surface area contributed by atoms with Crippen LogP contribution in [0.1, 0.15) is 54.9 Å². The third kappa shape index (κ3) is 10.1. The van der Waals surface area contributed by atoms with Crippen LogP contribution in [0, 0.1) is 11.8 Å². The molecule has 1 aliphatic rings. The third-order valence-corrected chi connectivity index (χ3v) is 9.84. The van der Waals surface area contributed by atoms with Gasteiger partial charge in [0, 0.05) is 19.7 Å². The zero-order valence-corrected chi connectivity index (χ0v) is 29.7. The number of methoxy groups -OCH3 is 1. The van der Waals surface area contributed by atoms with E-state index in [2.05, 4.69) is 30.5 Å². The number of esters is 2. The molecule has 1 aromatic rings. The van der Waals surface area contributed by atoms with Crippen LogP contribution in [0.15, 0.2) is 10.0 Å². The fourth-order valence-corrected chi connectivity index (χ4v) is 7.30. The van der Waals surface area contributed by atoms with Gasteiger partial charge in [0.25, 0.3) is 0 Å². The molecule has 0 saturated heterocycles. The van der Waals surface area contributed by atoms with Crippen molar-refractivity contribution in [3.63, 3.8) is 0 Å². The van der Waals surface area contributed by atoms with Gasteiger partial charge >= 0.3 is 19.6 Å². The first-order valence-electron chi connectivity index (χ1n) is 15.1. The lowest BCUT2D eigenvalue weighted by Crippen LogP contribution is -2.60. The first kappa shape index (κ1) is 39.8. The van der Waals surface area contributed by atoms with Crippen LogP contribution in [0.3, 0.4) is 0 Å². The number of aromatic nitrogens is 2. The summed E-state index contributed by atoms with van der Waals surface area (Å²) in [6.07, 6.45) is 0.259. The lowest BCUT2D eigenvalue weighted by molar-refractivity contribution is -0.147. The highest BCUT2D eigenvalue weighted by Crippen LogP contribution is 2.42. The molecule has 0 aromatic carbocycles. The summed E-state index contributed by atoms with van der Waals surface area (Å²) < 4.78 is 36.2. The molecule has 16 nitrogen and oxygen atoms in total. The number of aliphatic imine (C=N–C) groups is 1. The van der Waals surface area contributed by atoms with E-state index in [1.807, 2.05) is 6.26 Å². The van der Waals surface area contributed by atoms with Crippen molar-refractivity contribution in [1.82, 2.24) is 20.1 Å². The van der Waals surface area contributed by atoms with Crippen LogP contribution in [0.2, 0.25) is 0 Å². The number of nitrogens with two attached hydrogens (primary N) is 1. The molecule has 0 aliphatic carbocycles. The Morgan fingerprint density at radius 1 is 1.13 bits per heavy atom. The minimum absolute atomic E-state index is 0.00613. The number of nitrogens with zero attached hydrogens (tertiary/aromatic N) is 3. The molecule has 0 amide bonds. The van der Waals surface area contributed by atoms with Gasteiger partial charge in [-0.2, -0.15) is 4.98 Å². The molecule has 0 radical (unpaired) electrons. The maximum absolute atomic E-state index is 14.4. The summed E-state index contributed by atoms with van der Waals surface area (Å²) in [5.41, 5.74) is 4.42. The van der Waals surface area contributed by atoms with Gasteiger partial charge in [-0.1, -0.05) is 27.7 Å². The van der Waals surface area contributed by atoms with Crippen molar-refractivity contribution < 1.29 is 43.1 Å². The number of nitrogen functional groups attached to an aromatic ring is 1. The minimum Gasteiger partial charge on any atom is -0.465 e. The van der Waals surface area contributed by atoms with Crippen molar-refractivity contribution in [1.29, 1.82) is 0 Å². The highest BCUT2D eigenvalue weighted by molar-refractivity contribution is 7.98. The second kappa shape index (κ2) is 17.7. The lowest BCUT2D eigenvalue weighted by Gasteiger charge is -2.41. The number of nitrogens with one attached hydrogen (secondary N) is 3. The number of carbonyl (C=O) groups is 2. The summed E-state index contributed by atoms with van der Waals surface area (Å²) in [6, 6.07) is -3.01. The molecule has 46 heavy (non-hydrogen) atoms. The van der Waals surface area contributed by atoms with Gasteiger partial charge in [0.05, 0.1) is 25.9 Å². The zero-order chi connectivity index (χ0) is 34.8. The molecule has 262 valence electrons. The van der Waals surface area contributed by atoms with Crippen molar-refractivity contribution in [3.05, 3.63) is 0 Å². The molecular weight excluding hydrogens is 641 g/mol. The van der Waals surface area contributed by atoms with Gasteiger partial charge in [0.15, 0.2) is 5.82 Å². The lowest BCUT2D eigenvalue weighted by atomic mass is 9.83. The zero-order valence-electron chi connectivity index (χ0n) is 28.0. The fraction of sp³-hybridized carbons (Fsp3) is 0.750. The topological polar surface area (TPSA) is 229 Å². The molecule has 6 unspecified atom stereocenters. The molecule has 2 heterocycles. The molecule has 0 saturated carbocycles. The second-order valence-corrected chi connectivity index (χ2v) is 14.1. The number of aliphatic hydroxyl groups is 2. The Balaban J connectivity index is 2.42. The Morgan fingerprint density at radius 2 is 1.67 bits per heavy atom. The summed E-state index contributed by atoms with van der Waals surface area (Å²) in [5, 5.41) is 32.5. The van der Waals surface area contributed by atoms with E-state index < -0.39 is 74.0 Å². The van der Waals surface area contributed by atoms with Gasteiger partial charge in [-0.05, 0) is 38.9 Å². The Morgan fingerprint density at radius 3 is 2.13 bits per heavy atom. The number of fused-ring (bicyclic) bond motifs is 1. The predicted molar refractivity (Wildman–Crippen MR) is 176 cm³/mol. The number of aliphatic hydroxyl groups excluding tert-OH is 1. The molecule has 7 N–H and O–H groups in total. The first-order chi connectivity index (χ1) is 21.6. The first-order valence-corrected chi connectivity index (χ1v) is 18.0. The monoisotopic (exact) mass is 691 g/mol. The van der Waals surface area contributed by atoms with Gasteiger partial charge in [-0.15, -0.1) is 11.8 Å². The predicted octanol–water partition coefficient (Wildman–Crippen LogP) is 2.27. The molecular formula is C28H50N7O9PS. The van der Waals surface area contributed by atoms with Crippen molar-refractivity contribution in [3.8, 4) is 0 Å². The minimum atomic E-state index is -4.30. The van der Waals surface area contributed by atoms with Crippen molar-refractivity contribution in [2.45, 2.75) is 95.8 Å². The average Bonchev–Trinajstić information content (AvgIpc) is 2.98. The van der Waals surface area contributed by atoms with E-state index in [-0.39, 0.29) is 31.4 Å². The Hall–Kier alpha value is -2.37. The van der Waals surface area contributed by atoms with Crippen LogP contribution >= 0.6 is 19.4 Å². The quantitative estimate of drug-likeness (QED) is 0.0596. The highest BCUT2D eigenvalue weighted by Gasteiger charge is 2.47. The number of thioether (sulfide) groups is 1. The number of ether oxygens (including phenoxy) is 3. The van der Waals surface area contributed by atoms with Crippen LogP contribution in [-0.2, 0) is 32.9 Å². The smallest absolute Gasteiger partial charge is 0.342 e. The summed E-state index contributed by atoms with van der Waals surface area (Å²) in [7, 11) is -3.01. The molecule has 1 aliphatic heterocycles. The molecule has 1 aromatic heterocycles. The fourth-order valence-electron chi connectivity index (χ4n) is 4.66. The second-order valence-electron chi connectivity index (χ2n) is 11.4. The number of anilines is 2. The molecule has 18 heteroatoms. The number of carbonyl (C=O) groups excluding carboxylic acids is 2.